The van der Waals surface area contributed by atoms with Gasteiger partial charge in [0.15, 0.2) is 6.29 Å². The molecular weight excluding hydrogens is 198 g/mol. The summed E-state index contributed by atoms with van der Waals surface area (Å²) in [5.74, 6) is -0.346. The van der Waals surface area contributed by atoms with Crippen molar-refractivity contribution in [3.63, 3.8) is 0 Å². The molecule has 0 radical (unpaired) electrons. The molecule has 6 heteroatoms. The fourth-order valence-electron chi connectivity index (χ4n) is 1.36. The maximum Gasteiger partial charge on any atom is 0.292 e. The number of nitrogens with zero attached hydrogens (tertiary/aromatic N) is 1. The third-order valence-electron chi connectivity index (χ3n) is 2.17. The van der Waals surface area contributed by atoms with Gasteiger partial charge >= 0.3 is 0 Å². The van der Waals surface area contributed by atoms with E-state index in [4.69, 9.17) is 9.57 Å². The first-order valence-electron chi connectivity index (χ1n) is 4.93. The van der Waals surface area contributed by atoms with Gasteiger partial charge in [0.2, 0.25) is 0 Å². The molecule has 0 bridgehead atoms. The van der Waals surface area contributed by atoms with Crippen molar-refractivity contribution in [2.45, 2.75) is 25.6 Å². The second-order valence-corrected chi connectivity index (χ2v) is 3.32. The Labute approximate surface area is 86.9 Å². The standard InChI is InChI=1S/C9H13N3O3/c13-9(7-4-5-10-11-7)12-15-8-3-1-2-6-14-8/h4-5,8H,1-3,6H2,(H,10,11)(H,12,13). The molecule has 1 aromatic heterocycles. The number of ether oxygens (including phenoxy) is 1. The molecule has 1 saturated heterocycles. The lowest BCUT2D eigenvalue weighted by Crippen LogP contribution is -2.33. The molecule has 15 heavy (non-hydrogen) atoms. The zero-order valence-corrected chi connectivity index (χ0v) is 8.23. The lowest BCUT2D eigenvalue weighted by molar-refractivity contribution is -0.186. The van der Waals surface area contributed by atoms with E-state index in [1.807, 2.05) is 0 Å². The molecule has 1 aliphatic rings. The van der Waals surface area contributed by atoms with E-state index in [-0.39, 0.29) is 12.2 Å². The monoisotopic (exact) mass is 211 g/mol. The zero-order valence-electron chi connectivity index (χ0n) is 8.23. The van der Waals surface area contributed by atoms with Gasteiger partial charge in [-0.05, 0) is 18.9 Å². The number of aromatic nitrogens is 2. The predicted molar refractivity (Wildman–Crippen MR) is 50.7 cm³/mol. The topological polar surface area (TPSA) is 76.2 Å². The highest BCUT2D eigenvalue weighted by Crippen LogP contribution is 2.12. The van der Waals surface area contributed by atoms with Crippen LogP contribution < -0.4 is 5.48 Å². The smallest absolute Gasteiger partial charge is 0.292 e. The number of hydrogen-bond donors (Lipinski definition) is 2. The molecule has 2 heterocycles. The van der Waals surface area contributed by atoms with Gasteiger partial charge in [-0.1, -0.05) is 0 Å². The first-order valence-corrected chi connectivity index (χ1v) is 4.93. The first kappa shape index (κ1) is 10.1. The van der Waals surface area contributed by atoms with Gasteiger partial charge in [-0.2, -0.15) is 5.10 Å². The van der Waals surface area contributed by atoms with E-state index >= 15 is 0 Å². The van der Waals surface area contributed by atoms with Crippen LogP contribution in [0.4, 0.5) is 0 Å². The normalized spacial score (nSPS) is 21.2. The van der Waals surface area contributed by atoms with E-state index in [9.17, 15) is 4.79 Å². The van der Waals surface area contributed by atoms with Crippen LogP contribution in [0, 0.1) is 0 Å². The van der Waals surface area contributed by atoms with Crippen LogP contribution in [-0.4, -0.2) is 29.0 Å². The molecule has 0 saturated carbocycles. The third-order valence-corrected chi connectivity index (χ3v) is 2.17. The van der Waals surface area contributed by atoms with Crippen molar-refractivity contribution in [1.82, 2.24) is 15.7 Å². The van der Waals surface area contributed by atoms with Crippen molar-refractivity contribution < 1.29 is 14.4 Å². The number of rotatable bonds is 3. The summed E-state index contributed by atoms with van der Waals surface area (Å²) < 4.78 is 5.28. The van der Waals surface area contributed by atoms with Crippen LogP contribution in [0.5, 0.6) is 0 Å². The molecular formula is C9H13N3O3. The minimum atomic E-state index is -0.346. The molecule has 1 amide bonds. The molecule has 1 atom stereocenters. The lowest BCUT2D eigenvalue weighted by atomic mass is 10.2. The molecule has 0 spiro atoms. The van der Waals surface area contributed by atoms with Gasteiger partial charge in [0.25, 0.3) is 5.91 Å². The molecule has 2 N–H and O–H groups in total. The van der Waals surface area contributed by atoms with Crippen LogP contribution in [0.3, 0.4) is 0 Å². The summed E-state index contributed by atoms with van der Waals surface area (Å²) in [7, 11) is 0. The van der Waals surface area contributed by atoms with Gasteiger partial charge in [0.05, 0.1) is 0 Å². The van der Waals surface area contributed by atoms with Gasteiger partial charge in [-0.3, -0.25) is 9.89 Å². The second kappa shape index (κ2) is 4.90. The van der Waals surface area contributed by atoms with Gasteiger partial charge in [0, 0.05) is 19.2 Å². The van der Waals surface area contributed by atoms with E-state index in [2.05, 4.69) is 15.7 Å². The molecule has 6 nitrogen and oxygen atoms in total. The summed E-state index contributed by atoms with van der Waals surface area (Å²) in [6.07, 6.45) is 4.10. The Morgan fingerprint density at radius 2 is 2.60 bits per heavy atom. The zero-order chi connectivity index (χ0) is 10.5. The Balaban J connectivity index is 1.75. The van der Waals surface area contributed by atoms with Gasteiger partial charge in [0.1, 0.15) is 5.69 Å². The van der Waals surface area contributed by atoms with Crippen molar-refractivity contribution in [2.75, 3.05) is 6.61 Å². The summed E-state index contributed by atoms with van der Waals surface area (Å²) in [4.78, 5) is 16.5. The van der Waals surface area contributed by atoms with Crippen molar-refractivity contribution >= 4 is 5.91 Å². The largest absolute Gasteiger partial charge is 0.350 e. The van der Waals surface area contributed by atoms with Crippen molar-refractivity contribution in [2.24, 2.45) is 0 Å². The quantitative estimate of drug-likeness (QED) is 0.718. The number of H-pyrrole nitrogens is 1. The van der Waals surface area contributed by atoms with Crippen LogP contribution in [0.15, 0.2) is 12.3 Å². The number of amides is 1. The number of hydroxylamine groups is 1. The molecule has 1 aromatic rings. The third kappa shape index (κ3) is 2.77. The Hall–Kier alpha value is -1.40. The first-order chi connectivity index (χ1) is 7.36. The Morgan fingerprint density at radius 1 is 1.67 bits per heavy atom. The number of hydrogen-bond acceptors (Lipinski definition) is 4. The van der Waals surface area contributed by atoms with Crippen LogP contribution in [0.1, 0.15) is 29.8 Å². The van der Waals surface area contributed by atoms with E-state index < -0.39 is 0 Å². The molecule has 0 aliphatic carbocycles. The molecule has 82 valence electrons. The summed E-state index contributed by atoms with van der Waals surface area (Å²) >= 11 is 0. The van der Waals surface area contributed by atoms with Crippen molar-refractivity contribution in [1.29, 1.82) is 0 Å². The Morgan fingerprint density at radius 3 is 3.27 bits per heavy atom. The average molecular weight is 211 g/mol. The average Bonchev–Trinajstić information content (AvgIpc) is 2.81. The minimum Gasteiger partial charge on any atom is -0.350 e. The fourth-order valence-corrected chi connectivity index (χ4v) is 1.36. The van der Waals surface area contributed by atoms with E-state index in [1.165, 1.54) is 6.20 Å². The van der Waals surface area contributed by atoms with Gasteiger partial charge < -0.3 is 4.74 Å². The van der Waals surface area contributed by atoms with Crippen molar-refractivity contribution in [3.05, 3.63) is 18.0 Å². The van der Waals surface area contributed by atoms with Crippen molar-refractivity contribution in [3.8, 4) is 0 Å². The fraction of sp³-hybridized carbons (Fsp3) is 0.556. The van der Waals surface area contributed by atoms with E-state index in [0.717, 1.165) is 19.3 Å². The Bertz CT molecular complexity index is 306. The van der Waals surface area contributed by atoms with Crippen LogP contribution in [-0.2, 0) is 9.57 Å². The lowest BCUT2D eigenvalue weighted by Gasteiger charge is -2.21. The molecule has 1 unspecified atom stereocenters. The predicted octanol–water partition coefficient (Wildman–Crippen LogP) is 0.598. The highest BCUT2D eigenvalue weighted by atomic mass is 16.8. The number of carbonyl (C=O) groups is 1. The molecule has 1 aliphatic heterocycles. The summed E-state index contributed by atoms with van der Waals surface area (Å²) in [5, 5.41) is 6.21. The van der Waals surface area contributed by atoms with Crippen LogP contribution in [0.2, 0.25) is 0 Å². The molecule has 1 fully saturated rings. The van der Waals surface area contributed by atoms with E-state index in [1.54, 1.807) is 6.07 Å². The maximum atomic E-state index is 11.4. The van der Waals surface area contributed by atoms with Gasteiger partial charge in [-0.15, -0.1) is 0 Å². The number of aromatic amines is 1. The summed E-state index contributed by atoms with van der Waals surface area (Å²) in [5.41, 5.74) is 2.69. The molecule has 0 aromatic carbocycles. The minimum absolute atomic E-state index is 0.328. The second-order valence-electron chi connectivity index (χ2n) is 3.32. The van der Waals surface area contributed by atoms with E-state index in [0.29, 0.717) is 12.3 Å². The number of carbonyl (C=O) groups excluding carboxylic acids is 1. The maximum absolute atomic E-state index is 11.4. The molecule has 2 rings (SSSR count). The Kier molecular flexibility index (Phi) is 3.31. The summed E-state index contributed by atoms with van der Waals surface area (Å²) in [6.45, 7) is 0.685. The highest BCUT2D eigenvalue weighted by Gasteiger charge is 2.16. The highest BCUT2D eigenvalue weighted by molar-refractivity contribution is 5.91. The summed E-state index contributed by atoms with van der Waals surface area (Å²) in [6, 6.07) is 1.57. The SMILES string of the molecule is O=C(NOC1CCCCO1)c1ccn[nH]1. The van der Waals surface area contributed by atoms with Gasteiger partial charge in [-0.25, -0.2) is 10.3 Å². The van der Waals surface area contributed by atoms with Crippen LogP contribution in [0.25, 0.3) is 0 Å². The number of nitrogens with one attached hydrogen (secondary N) is 2. The van der Waals surface area contributed by atoms with Crippen LogP contribution >= 0.6 is 0 Å².